The summed E-state index contributed by atoms with van der Waals surface area (Å²) in [6.45, 7) is 0.691. The first-order valence-electron chi connectivity index (χ1n) is 11.6. The van der Waals surface area contributed by atoms with Crippen molar-refractivity contribution in [2.75, 3.05) is 24.6 Å². The number of H-pyrrole nitrogens is 3. The molecule has 0 aromatic carbocycles. The number of rotatable bonds is 7. The maximum Gasteiger partial charge on any atom is 0.267 e. The molecule has 12 nitrogen and oxygen atoms in total. The Morgan fingerprint density at radius 1 is 1.14 bits per heavy atom. The smallest absolute Gasteiger partial charge is 0.267 e. The van der Waals surface area contributed by atoms with Crippen LogP contribution in [0.1, 0.15) is 44.0 Å². The van der Waals surface area contributed by atoms with Crippen molar-refractivity contribution in [3.8, 4) is 0 Å². The van der Waals surface area contributed by atoms with Crippen molar-refractivity contribution in [1.82, 2.24) is 40.1 Å². The molecule has 3 unspecified atom stereocenters. The Hall–Kier alpha value is -3.52. The summed E-state index contributed by atoms with van der Waals surface area (Å²) in [7, 11) is 1.81. The molecule has 4 heterocycles. The summed E-state index contributed by atoms with van der Waals surface area (Å²) in [5, 5.41) is 6.11. The monoisotopic (exact) mass is 632 g/mol. The summed E-state index contributed by atoms with van der Waals surface area (Å²) in [6, 6.07) is 5.30. The van der Waals surface area contributed by atoms with E-state index in [2.05, 4.69) is 67.4 Å². The molecule has 1 aliphatic rings. The molecular formula is C23H26Br2N10O2. The molecule has 14 heteroatoms. The van der Waals surface area contributed by atoms with E-state index in [1.54, 1.807) is 29.1 Å². The highest BCUT2D eigenvalue weighted by atomic mass is 79.9. The molecule has 37 heavy (non-hydrogen) atoms. The average Bonchev–Trinajstić information content (AvgIpc) is 3.64. The third kappa shape index (κ3) is 5.03. The normalized spacial score (nSPS) is 18.9. The SMILES string of the molecule is Cn1c(Br)ccc1C(=O)NCC1Cc2[nH]c(N)nc2C(c2cnc(N)[nH]2)C1CNC(=O)c1cc(Br)c[nH]1. The van der Waals surface area contributed by atoms with Gasteiger partial charge < -0.3 is 41.6 Å². The Morgan fingerprint density at radius 2 is 1.92 bits per heavy atom. The lowest BCUT2D eigenvalue weighted by atomic mass is 9.71. The number of nitrogens with zero attached hydrogens (tertiary/aromatic N) is 3. The van der Waals surface area contributed by atoms with E-state index in [0.717, 1.165) is 26.2 Å². The van der Waals surface area contributed by atoms with Gasteiger partial charge in [0.2, 0.25) is 0 Å². The third-order valence-corrected chi connectivity index (χ3v) is 8.04. The van der Waals surface area contributed by atoms with E-state index in [4.69, 9.17) is 11.5 Å². The second kappa shape index (κ2) is 10.1. The fourth-order valence-electron chi connectivity index (χ4n) is 4.97. The minimum atomic E-state index is -0.288. The first-order valence-corrected chi connectivity index (χ1v) is 13.2. The van der Waals surface area contributed by atoms with Gasteiger partial charge in [0.25, 0.3) is 11.8 Å². The molecule has 1 aliphatic carbocycles. The molecule has 5 rings (SSSR count). The van der Waals surface area contributed by atoms with Crippen LogP contribution in [-0.4, -0.2) is 54.4 Å². The van der Waals surface area contributed by atoms with Crippen LogP contribution in [0, 0.1) is 11.8 Å². The number of carbonyl (C=O) groups is 2. The summed E-state index contributed by atoms with van der Waals surface area (Å²) in [5.41, 5.74) is 15.3. The molecule has 0 saturated carbocycles. The molecule has 0 fully saturated rings. The quantitative estimate of drug-likeness (QED) is 0.163. The number of amides is 2. The van der Waals surface area contributed by atoms with E-state index in [0.29, 0.717) is 36.8 Å². The molecule has 9 N–H and O–H groups in total. The van der Waals surface area contributed by atoms with E-state index in [1.807, 2.05) is 13.1 Å². The van der Waals surface area contributed by atoms with Crippen molar-refractivity contribution in [2.24, 2.45) is 18.9 Å². The Labute approximate surface area is 228 Å². The van der Waals surface area contributed by atoms with Crippen molar-refractivity contribution >= 4 is 55.6 Å². The van der Waals surface area contributed by atoms with E-state index in [1.165, 1.54) is 0 Å². The summed E-state index contributed by atoms with van der Waals surface area (Å²) >= 11 is 6.78. The molecule has 4 aromatic rings. The largest absolute Gasteiger partial charge is 0.369 e. The number of imidazole rings is 2. The maximum absolute atomic E-state index is 13.0. The van der Waals surface area contributed by atoms with Crippen molar-refractivity contribution < 1.29 is 9.59 Å². The van der Waals surface area contributed by atoms with Gasteiger partial charge in [-0.05, 0) is 68.3 Å². The molecular weight excluding hydrogens is 608 g/mol. The van der Waals surface area contributed by atoms with E-state index in [-0.39, 0.29) is 35.5 Å². The van der Waals surface area contributed by atoms with Gasteiger partial charge >= 0.3 is 0 Å². The van der Waals surface area contributed by atoms with Gasteiger partial charge in [-0.1, -0.05) is 0 Å². The summed E-state index contributed by atoms with van der Waals surface area (Å²) in [5.74, 6) is -0.350. The number of fused-ring (bicyclic) bond motifs is 1. The van der Waals surface area contributed by atoms with Gasteiger partial charge in [-0.25, -0.2) is 9.97 Å². The van der Waals surface area contributed by atoms with Gasteiger partial charge in [-0.3, -0.25) is 9.59 Å². The fourth-order valence-corrected chi connectivity index (χ4v) is 5.64. The van der Waals surface area contributed by atoms with E-state index in [9.17, 15) is 9.59 Å². The number of hydrogen-bond acceptors (Lipinski definition) is 6. The zero-order valence-electron chi connectivity index (χ0n) is 19.8. The molecule has 194 valence electrons. The first-order chi connectivity index (χ1) is 17.7. The predicted molar refractivity (Wildman–Crippen MR) is 145 cm³/mol. The second-order valence-electron chi connectivity index (χ2n) is 9.07. The lowest BCUT2D eigenvalue weighted by Crippen LogP contribution is -2.44. The van der Waals surface area contributed by atoms with Gasteiger partial charge in [-0.15, -0.1) is 0 Å². The highest BCUT2D eigenvalue weighted by molar-refractivity contribution is 9.10. The second-order valence-corrected chi connectivity index (χ2v) is 10.8. The van der Waals surface area contributed by atoms with Crippen molar-refractivity contribution in [1.29, 1.82) is 0 Å². The number of hydrogen-bond donors (Lipinski definition) is 7. The Bertz CT molecular complexity index is 1450. The van der Waals surface area contributed by atoms with Crippen LogP contribution in [-0.2, 0) is 13.5 Å². The molecule has 4 aromatic heterocycles. The van der Waals surface area contributed by atoms with Gasteiger partial charge in [-0.2, -0.15) is 0 Å². The number of nitrogens with two attached hydrogens (primary N) is 2. The number of nitrogen functional groups attached to an aromatic ring is 2. The van der Waals surface area contributed by atoms with Crippen molar-refractivity contribution in [2.45, 2.75) is 12.3 Å². The lowest BCUT2D eigenvalue weighted by molar-refractivity contribution is 0.0904. The van der Waals surface area contributed by atoms with Crippen molar-refractivity contribution in [3.05, 3.63) is 68.1 Å². The standard InChI is InChI=1S/C23H26Br2N10O2/c1-35-16(2-3-17(35)25)21(37)29-6-10-4-13-19(34-23(27)32-13)18(15-9-31-22(26)33-15)12(10)8-30-20(36)14-5-11(24)7-28-14/h2-3,5,7,9-10,12,18,28H,4,6,8H2,1H3,(H,29,37)(H,30,36)(H3,26,31,33)(H3,27,32,34). The molecule has 0 spiro atoms. The van der Waals surface area contributed by atoms with Gasteiger partial charge in [0.1, 0.15) is 11.4 Å². The number of anilines is 2. The highest BCUT2D eigenvalue weighted by Crippen LogP contribution is 2.42. The average molecular weight is 634 g/mol. The topological polar surface area (TPSA) is 188 Å². The van der Waals surface area contributed by atoms with Crippen molar-refractivity contribution in [3.63, 3.8) is 0 Å². The summed E-state index contributed by atoms with van der Waals surface area (Å²) < 4.78 is 3.36. The van der Waals surface area contributed by atoms with Crippen LogP contribution < -0.4 is 22.1 Å². The van der Waals surface area contributed by atoms with Crippen LogP contribution in [0.5, 0.6) is 0 Å². The van der Waals surface area contributed by atoms with Gasteiger partial charge in [0.15, 0.2) is 11.9 Å². The third-order valence-electron chi connectivity index (χ3n) is 6.78. The van der Waals surface area contributed by atoms with Crippen LogP contribution in [0.3, 0.4) is 0 Å². The molecule has 0 aliphatic heterocycles. The Balaban J connectivity index is 1.44. The minimum absolute atomic E-state index is 0.0646. The van der Waals surface area contributed by atoms with E-state index >= 15 is 0 Å². The zero-order valence-corrected chi connectivity index (χ0v) is 23.0. The minimum Gasteiger partial charge on any atom is -0.369 e. The number of aromatic nitrogens is 6. The lowest BCUT2D eigenvalue weighted by Gasteiger charge is -2.37. The van der Waals surface area contributed by atoms with Crippen LogP contribution in [0.4, 0.5) is 11.9 Å². The molecule has 2 amide bonds. The van der Waals surface area contributed by atoms with Crippen LogP contribution in [0.15, 0.2) is 39.7 Å². The first kappa shape index (κ1) is 25.1. The number of carbonyl (C=O) groups excluding carboxylic acids is 2. The number of nitrogens with one attached hydrogen (secondary N) is 5. The zero-order chi connectivity index (χ0) is 26.3. The highest BCUT2D eigenvalue weighted by Gasteiger charge is 2.41. The number of aromatic amines is 3. The Kier molecular flexibility index (Phi) is 6.86. The predicted octanol–water partition coefficient (Wildman–Crippen LogP) is 2.27. The van der Waals surface area contributed by atoms with E-state index < -0.39 is 0 Å². The maximum atomic E-state index is 13.0. The molecule has 3 atom stereocenters. The molecule has 0 radical (unpaired) electrons. The fraction of sp³-hybridized carbons (Fsp3) is 0.304. The number of halogens is 2. The van der Waals surface area contributed by atoms with Crippen LogP contribution in [0.25, 0.3) is 0 Å². The molecule has 0 saturated heterocycles. The van der Waals surface area contributed by atoms with Gasteiger partial charge in [0.05, 0.1) is 16.5 Å². The Morgan fingerprint density at radius 3 is 2.57 bits per heavy atom. The molecule has 0 bridgehead atoms. The van der Waals surface area contributed by atoms with Crippen LogP contribution in [0.2, 0.25) is 0 Å². The van der Waals surface area contributed by atoms with Crippen LogP contribution >= 0.6 is 31.9 Å². The summed E-state index contributed by atoms with van der Waals surface area (Å²) in [6.07, 6.45) is 3.96. The summed E-state index contributed by atoms with van der Waals surface area (Å²) in [4.78, 5) is 43.8. The van der Waals surface area contributed by atoms with Gasteiger partial charge in [0, 0.05) is 48.1 Å².